The molecule has 1 aliphatic rings. The molecule has 0 spiro atoms. The van der Waals surface area contributed by atoms with Crippen molar-refractivity contribution >= 4 is 33.0 Å². The molecule has 2 heteroatoms. The van der Waals surface area contributed by atoms with Crippen molar-refractivity contribution in [1.82, 2.24) is 4.40 Å². The van der Waals surface area contributed by atoms with Crippen LogP contribution in [0, 0.1) is 6.92 Å². The summed E-state index contributed by atoms with van der Waals surface area (Å²) in [6.07, 6.45) is 2.59. The van der Waals surface area contributed by atoms with Crippen molar-refractivity contribution in [3.05, 3.63) is 65.4 Å². The quantitative estimate of drug-likeness (QED) is 0.444. The monoisotopic (exact) mass is 299 g/mol. The van der Waals surface area contributed by atoms with Gasteiger partial charge in [0.2, 0.25) is 0 Å². The summed E-state index contributed by atoms with van der Waals surface area (Å²) in [4.78, 5) is 12.7. The summed E-state index contributed by atoms with van der Waals surface area (Å²) in [5, 5.41) is 3.54. The third-order valence-electron chi connectivity index (χ3n) is 5.09. The van der Waals surface area contributed by atoms with E-state index < -0.39 is 0 Å². The van der Waals surface area contributed by atoms with Crippen molar-refractivity contribution < 1.29 is 4.79 Å². The zero-order valence-electron chi connectivity index (χ0n) is 13.1. The number of ketones is 1. The van der Waals surface area contributed by atoms with E-state index in [0.29, 0.717) is 12.2 Å². The molecular formula is C21H17NO. The van der Waals surface area contributed by atoms with E-state index in [1.54, 1.807) is 0 Å². The number of rotatable bonds is 0. The Kier molecular flexibility index (Phi) is 2.49. The molecule has 0 saturated heterocycles. The molecule has 2 nitrogen and oxygen atoms in total. The van der Waals surface area contributed by atoms with Crippen molar-refractivity contribution in [1.29, 1.82) is 0 Å². The molecule has 1 aliphatic carbocycles. The van der Waals surface area contributed by atoms with E-state index in [1.807, 2.05) is 0 Å². The number of carbonyl (C=O) groups excluding carboxylic acids is 1. The SMILES string of the molecule is Cc1ccc2c(c1)c1c(n3c4ccccc4cc23)CCCC1=O. The predicted octanol–water partition coefficient (Wildman–Crippen LogP) is 5.07. The Hall–Kier alpha value is -2.61. The molecular weight excluding hydrogens is 282 g/mol. The summed E-state index contributed by atoms with van der Waals surface area (Å²) in [7, 11) is 0. The standard InChI is InChI=1S/C21H17NO/c1-13-9-10-15-16(11-13)21-18(7-4-8-20(21)23)22-17-6-3-2-5-14(17)12-19(15)22/h2-3,5-6,9-12H,4,7-8H2,1H3. The van der Waals surface area contributed by atoms with Crippen LogP contribution in [0.15, 0.2) is 48.5 Å². The second-order valence-corrected chi connectivity index (χ2v) is 6.57. The minimum absolute atomic E-state index is 0.293. The first kappa shape index (κ1) is 12.9. The maximum absolute atomic E-state index is 12.7. The van der Waals surface area contributed by atoms with Crippen LogP contribution in [-0.2, 0) is 6.42 Å². The first-order chi connectivity index (χ1) is 11.2. The number of hydrogen-bond acceptors (Lipinski definition) is 1. The number of aromatic nitrogens is 1. The molecule has 0 unspecified atom stereocenters. The summed E-state index contributed by atoms with van der Waals surface area (Å²) in [5.41, 5.74) is 5.77. The van der Waals surface area contributed by atoms with E-state index in [4.69, 9.17) is 0 Å². The fourth-order valence-corrected chi connectivity index (χ4v) is 4.09. The van der Waals surface area contributed by atoms with Crippen molar-refractivity contribution in [2.24, 2.45) is 0 Å². The summed E-state index contributed by atoms with van der Waals surface area (Å²) >= 11 is 0. The lowest BCUT2D eigenvalue weighted by molar-refractivity contribution is 0.0973. The summed E-state index contributed by atoms with van der Waals surface area (Å²) < 4.78 is 2.32. The van der Waals surface area contributed by atoms with E-state index >= 15 is 0 Å². The molecule has 112 valence electrons. The fraction of sp³-hybridized carbons (Fsp3) is 0.190. The number of nitrogens with zero attached hydrogens (tertiary/aromatic N) is 1. The molecule has 0 N–H and O–H groups in total. The van der Waals surface area contributed by atoms with Gasteiger partial charge in [-0.2, -0.15) is 0 Å². The highest BCUT2D eigenvalue weighted by atomic mass is 16.1. The molecule has 0 fully saturated rings. The maximum Gasteiger partial charge on any atom is 0.165 e. The van der Waals surface area contributed by atoms with Gasteiger partial charge >= 0.3 is 0 Å². The average molecular weight is 299 g/mol. The number of fused-ring (bicyclic) bond motifs is 8. The lowest BCUT2D eigenvalue weighted by Crippen LogP contribution is -2.15. The number of Topliss-reactive ketones (excluding diaryl/α,β-unsaturated/α-hetero) is 1. The van der Waals surface area contributed by atoms with Gasteiger partial charge in [0.25, 0.3) is 0 Å². The maximum atomic E-state index is 12.7. The normalized spacial score (nSPS) is 14.7. The molecule has 0 amide bonds. The van der Waals surface area contributed by atoms with Gasteiger partial charge < -0.3 is 4.40 Å². The van der Waals surface area contributed by atoms with Crippen molar-refractivity contribution in [2.75, 3.05) is 0 Å². The van der Waals surface area contributed by atoms with Gasteiger partial charge in [-0.25, -0.2) is 0 Å². The minimum atomic E-state index is 0.293. The summed E-state index contributed by atoms with van der Waals surface area (Å²) in [5.74, 6) is 0.293. The molecule has 0 saturated carbocycles. The molecule has 0 atom stereocenters. The molecule has 2 aromatic carbocycles. The average Bonchev–Trinajstić information content (AvgIpc) is 2.94. The topological polar surface area (TPSA) is 21.5 Å². The van der Waals surface area contributed by atoms with Gasteiger partial charge in [0.05, 0.1) is 11.0 Å². The van der Waals surface area contributed by atoms with Crippen LogP contribution in [0.3, 0.4) is 0 Å². The second-order valence-electron chi connectivity index (χ2n) is 6.57. The van der Waals surface area contributed by atoms with Crippen LogP contribution in [0.5, 0.6) is 0 Å². The summed E-state index contributed by atoms with van der Waals surface area (Å²) in [6, 6.07) is 17.2. The lowest BCUT2D eigenvalue weighted by Gasteiger charge is -2.20. The molecule has 2 aromatic heterocycles. The van der Waals surface area contributed by atoms with Gasteiger partial charge in [0, 0.05) is 28.5 Å². The summed E-state index contributed by atoms with van der Waals surface area (Å²) in [6.45, 7) is 2.10. The highest BCUT2D eigenvalue weighted by Crippen LogP contribution is 2.36. The van der Waals surface area contributed by atoms with Crippen LogP contribution in [0.25, 0.3) is 27.2 Å². The van der Waals surface area contributed by atoms with Crippen LogP contribution < -0.4 is 0 Å². The number of benzene rings is 2. The largest absolute Gasteiger partial charge is 0.312 e. The van der Waals surface area contributed by atoms with E-state index in [1.165, 1.54) is 33.1 Å². The number of pyridine rings is 1. The first-order valence-corrected chi connectivity index (χ1v) is 8.22. The number of aryl methyl sites for hydroxylation is 2. The Morgan fingerprint density at radius 1 is 0.913 bits per heavy atom. The van der Waals surface area contributed by atoms with E-state index in [2.05, 4.69) is 59.9 Å². The predicted molar refractivity (Wildman–Crippen MR) is 94.4 cm³/mol. The number of para-hydroxylation sites is 1. The molecule has 0 aliphatic heterocycles. The van der Waals surface area contributed by atoms with Gasteiger partial charge in [-0.1, -0.05) is 42.0 Å². The van der Waals surface area contributed by atoms with E-state index in [9.17, 15) is 4.79 Å². The van der Waals surface area contributed by atoms with Crippen molar-refractivity contribution in [3.63, 3.8) is 0 Å². The van der Waals surface area contributed by atoms with Crippen LogP contribution >= 0.6 is 0 Å². The Bertz CT molecular complexity index is 1120. The lowest BCUT2D eigenvalue weighted by atomic mass is 9.89. The van der Waals surface area contributed by atoms with E-state index in [0.717, 1.165) is 23.8 Å². The third-order valence-corrected chi connectivity index (χ3v) is 5.09. The minimum Gasteiger partial charge on any atom is -0.312 e. The van der Waals surface area contributed by atoms with Crippen LogP contribution in [0.2, 0.25) is 0 Å². The van der Waals surface area contributed by atoms with Gasteiger partial charge in [0.15, 0.2) is 5.78 Å². The van der Waals surface area contributed by atoms with E-state index in [-0.39, 0.29) is 0 Å². The van der Waals surface area contributed by atoms with Gasteiger partial charge in [-0.15, -0.1) is 0 Å². The highest BCUT2D eigenvalue weighted by molar-refractivity contribution is 6.15. The van der Waals surface area contributed by atoms with Gasteiger partial charge in [0.1, 0.15) is 0 Å². The molecule has 0 bridgehead atoms. The van der Waals surface area contributed by atoms with Crippen LogP contribution in [-0.4, -0.2) is 10.2 Å². The van der Waals surface area contributed by atoms with Crippen molar-refractivity contribution in [2.45, 2.75) is 26.2 Å². The molecule has 0 radical (unpaired) electrons. The molecule has 4 aromatic rings. The third kappa shape index (κ3) is 1.66. The molecule has 23 heavy (non-hydrogen) atoms. The zero-order chi connectivity index (χ0) is 15.6. The van der Waals surface area contributed by atoms with Gasteiger partial charge in [-0.05, 0) is 37.3 Å². The number of carbonyl (C=O) groups is 1. The van der Waals surface area contributed by atoms with Crippen molar-refractivity contribution in [3.8, 4) is 0 Å². The smallest absolute Gasteiger partial charge is 0.165 e. The Labute approximate surface area is 134 Å². The highest BCUT2D eigenvalue weighted by Gasteiger charge is 2.24. The Morgan fingerprint density at radius 2 is 1.78 bits per heavy atom. The fourth-order valence-electron chi connectivity index (χ4n) is 4.09. The Balaban J connectivity index is 2.13. The van der Waals surface area contributed by atoms with Gasteiger partial charge in [-0.3, -0.25) is 4.79 Å². The molecule has 2 heterocycles. The Morgan fingerprint density at radius 3 is 2.70 bits per heavy atom. The zero-order valence-corrected chi connectivity index (χ0v) is 13.1. The second kappa shape index (κ2) is 4.45. The number of hydrogen-bond donors (Lipinski definition) is 0. The molecule has 5 rings (SSSR count). The first-order valence-electron chi connectivity index (χ1n) is 8.22. The van der Waals surface area contributed by atoms with Crippen LogP contribution in [0.1, 0.15) is 34.5 Å². The van der Waals surface area contributed by atoms with Crippen LogP contribution in [0.4, 0.5) is 0 Å².